The van der Waals surface area contributed by atoms with E-state index in [1.54, 1.807) is 6.20 Å². The Morgan fingerprint density at radius 3 is 3.14 bits per heavy atom. The lowest BCUT2D eigenvalue weighted by Gasteiger charge is -2.20. The van der Waals surface area contributed by atoms with Crippen molar-refractivity contribution in [3.63, 3.8) is 0 Å². The Morgan fingerprint density at radius 2 is 2.43 bits per heavy atom. The molecule has 2 aromatic heterocycles. The van der Waals surface area contributed by atoms with Crippen LogP contribution in [-0.2, 0) is 0 Å². The molecule has 0 radical (unpaired) electrons. The zero-order chi connectivity index (χ0) is 15.0. The van der Waals surface area contributed by atoms with Crippen LogP contribution in [0, 0.1) is 5.92 Å². The number of hydrogen-bond donors (Lipinski definition) is 3. The van der Waals surface area contributed by atoms with Crippen LogP contribution in [0.2, 0.25) is 0 Å². The first-order valence-electron chi connectivity index (χ1n) is 6.47. The molecule has 9 heteroatoms. The zero-order valence-electron chi connectivity index (χ0n) is 11.0. The van der Waals surface area contributed by atoms with Gasteiger partial charge in [-0.05, 0) is 15.9 Å². The molecule has 3 rings (SSSR count). The van der Waals surface area contributed by atoms with Gasteiger partial charge in [0.15, 0.2) is 5.65 Å². The van der Waals surface area contributed by atoms with Crippen LogP contribution in [0.3, 0.4) is 0 Å². The molecular formula is C12H14BrFN6O. The quantitative estimate of drug-likeness (QED) is 0.743. The zero-order valence-corrected chi connectivity index (χ0v) is 12.6. The van der Waals surface area contributed by atoms with E-state index in [0.29, 0.717) is 29.0 Å². The van der Waals surface area contributed by atoms with Crippen molar-refractivity contribution >= 4 is 33.2 Å². The molecule has 2 unspecified atom stereocenters. The van der Waals surface area contributed by atoms with Crippen LogP contribution in [0.25, 0.3) is 5.65 Å². The first-order chi connectivity index (χ1) is 10.1. The number of amides is 1. The van der Waals surface area contributed by atoms with Gasteiger partial charge in [-0.3, -0.25) is 9.18 Å². The lowest BCUT2D eigenvalue weighted by molar-refractivity contribution is 0.100. The number of fused-ring (bicyclic) bond motifs is 1. The summed E-state index contributed by atoms with van der Waals surface area (Å²) >= 11 is 3.27. The number of hydrogen-bond acceptors (Lipinski definition) is 5. The number of halogens is 2. The fourth-order valence-electron chi connectivity index (χ4n) is 2.49. The molecule has 0 bridgehead atoms. The van der Waals surface area contributed by atoms with Crippen LogP contribution in [0.15, 0.2) is 17.0 Å². The number of anilines is 1. The first kappa shape index (κ1) is 14.2. The van der Waals surface area contributed by atoms with E-state index in [2.05, 4.69) is 36.6 Å². The second-order valence-corrected chi connectivity index (χ2v) is 5.77. The Kier molecular flexibility index (Phi) is 3.77. The standard InChI is InChI=1S/C12H14BrFN6O/c13-9-5-20-12(19-9)10(7(3-17-20)11(15)21)18-8-4-16-2-6(8)1-14/h3,5-6,8,16,18H,1-2,4H2,(H2,15,21). The summed E-state index contributed by atoms with van der Waals surface area (Å²) < 4.78 is 15.1. The molecule has 112 valence electrons. The molecule has 1 aliphatic rings. The number of nitrogens with one attached hydrogen (secondary N) is 2. The summed E-state index contributed by atoms with van der Waals surface area (Å²) in [4.78, 5) is 15.9. The van der Waals surface area contributed by atoms with Gasteiger partial charge in [0.1, 0.15) is 4.60 Å². The van der Waals surface area contributed by atoms with Gasteiger partial charge in [-0.2, -0.15) is 5.10 Å². The molecule has 3 heterocycles. The number of carbonyl (C=O) groups excluding carboxylic acids is 1. The minimum absolute atomic E-state index is 0.130. The maximum Gasteiger partial charge on any atom is 0.252 e. The summed E-state index contributed by atoms with van der Waals surface area (Å²) in [6.45, 7) is 0.777. The fourth-order valence-corrected chi connectivity index (χ4v) is 2.85. The van der Waals surface area contributed by atoms with Crippen molar-refractivity contribution < 1.29 is 9.18 Å². The Bertz CT molecular complexity index is 690. The topological polar surface area (TPSA) is 97.3 Å². The normalized spacial score (nSPS) is 21.8. The van der Waals surface area contributed by atoms with Crippen molar-refractivity contribution in [3.8, 4) is 0 Å². The Hall–Kier alpha value is -1.74. The number of primary amides is 1. The molecule has 1 aliphatic heterocycles. The Labute approximate surface area is 128 Å². The summed E-state index contributed by atoms with van der Waals surface area (Å²) in [7, 11) is 0. The maximum atomic E-state index is 13.0. The lowest BCUT2D eigenvalue weighted by Crippen LogP contribution is -2.31. The van der Waals surface area contributed by atoms with Crippen LogP contribution < -0.4 is 16.4 Å². The summed E-state index contributed by atoms with van der Waals surface area (Å²) in [5.41, 5.74) is 6.59. The summed E-state index contributed by atoms with van der Waals surface area (Å²) in [5.74, 6) is -0.758. The van der Waals surface area contributed by atoms with E-state index in [-0.39, 0.29) is 17.5 Å². The van der Waals surface area contributed by atoms with Crippen molar-refractivity contribution in [2.24, 2.45) is 11.7 Å². The van der Waals surface area contributed by atoms with Crippen molar-refractivity contribution in [3.05, 3.63) is 22.6 Å². The largest absolute Gasteiger partial charge is 0.377 e. The minimum Gasteiger partial charge on any atom is -0.377 e. The Morgan fingerprint density at radius 1 is 1.62 bits per heavy atom. The second kappa shape index (κ2) is 5.57. The highest BCUT2D eigenvalue weighted by Gasteiger charge is 2.29. The van der Waals surface area contributed by atoms with E-state index in [4.69, 9.17) is 5.73 Å². The van der Waals surface area contributed by atoms with E-state index < -0.39 is 12.6 Å². The van der Waals surface area contributed by atoms with Crippen molar-refractivity contribution in [1.82, 2.24) is 19.9 Å². The SMILES string of the molecule is NC(=O)c1cnn2cc(Br)nc2c1NC1CNCC1CF. The Balaban J connectivity index is 2.05. The summed E-state index contributed by atoms with van der Waals surface area (Å²) in [5, 5.41) is 10.4. The number of imidazole rings is 1. The van der Waals surface area contributed by atoms with Crippen molar-refractivity contribution in [1.29, 1.82) is 0 Å². The molecule has 0 saturated carbocycles. The van der Waals surface area contributed by atoms with Gasteiger partial charge in [0, 0.05) is 25.0 Å². The van der Waals surface area contributed by atoms with Crippen LogP contribution in [-0.4, -0.2) is 46.3 Å². The highest BCUT2D eigenvalue weighted by molar-refractivity contribution is 9.10. The second-order valence-electron chi connectivity index (χ2n) is 4.95. The average molecular weight is 357 g/mol. The third-order valence-corrected chi connectivity index (χ3v) is 3.98. The number of nitrogens with two attached hydrogens (primary N) is 1. The number of nitrogens with zero attached hydrogens (tertiary/aromatic N) is 3. The smallest absolute Gasteiger partial charge is 0.252 e. The third kappa shape index (κ3) is 2.58. The van der Waals surface area contributed by atoms with Crippen LogP contribution in [0.1, 0.15) is 10.4 Å². The summed E-state index contributed by atoms with van der Waals surface area (Å²) in [6, 6.07) is -0.130. The first-order valence-corrected chi connectivity index (χ1v) is 7.26. The van der Waals surface area contributed by atoms with Gasteiger partial charge in [0.2, 0.25) is 0 Å². The van der Waals surface area contributed by atoms with Gasteiger partial charge in [-0.1, -0.05) is 0 Å². The van der Waals surface area contributed by atoms with Crippen LogP contribution >= 0.6 is 15.9 Å². The van der Waals surface area contributed by atoms with Gasteiger partial charge >= 0.3 is 0 Å². The van der Waals surface area contributed by atoms with E-state index in [1.807, 2.05) is 0 Å². The predicted octanol–water partition coefficient (Wildman–Crippen LogP) is 0.560. The van der Waals surface area contributed by atoms with E-state index in [9.17, 15) is 9.18 Å². The molecule has 21 heavy (non-hydrogen) atoms. The third-order valence-electron chi connectivity index (χ3n) is 3.60. The van der Waals surface area contributed by atoms with Crippen LogP contribution in [0.4, 0.5) is 10.1 Å². The fraction of sp³-hybridized carbons (Fsp3) is 0.417. The number of alkyl halides is 1. The molecule has 4 N–H and O–H groups in total. The average Bonchev–Trinajstić information content (AvgIpc) is 3.03. The van der Waals surface area contributed by atoms with Crippen LogP contribution in [0.5, 0.6) is 0 Å². The van der Waals surface area contributed by atoms with Gasteiger partial charge in [-0.25, -0.2) is 9.50 Å². The van der Waals surface area contributed by atoms with Gasteiger partial charge < -0.3 is 16.4 Å². The summed E-state index contributed by atoms with van der Waals surface area (Å²) in [6.07, 6.45) is 3.06. The number of aromatic nitrogens is 3. The molecule has 1 saturated heterocycles. The van der Waals surface area contributed by atoms with Crippen molar-refractivity contribution in [2.45, 2.75) is 6.04 Å². The monoisotopic (exact) mass is 356 g/mol. The molecule has 0 aliphatic carbocycles. The maximum absolute atomic E-state index is 13.0. The minimum atomic E-state index is -0.602. The molecule has 2 aromatic rings. The molecule has 0 aromatic carbocycles. The predicted molar refractivity (Wildman–Crippen MR) is 79.0 cm³/mol. The molecule has 1 fully saturated rings. The number of carbonyl (C=O) groups is 1. The van der Waals surface area contributed by atoms with E-state index in [0.717, 1.165) is 0 Å². The highest BCUT2D eigenvalue weighted by Crippen LogP contribution is 2.25. The van der Waals surface area contributed by atoms with Gasteiger partial charge in [0.05, 0.1) is 30.3 Å². The molecule has 0 spiro atoms. The van der Waals surface area contributed by atoms with E-state index in [1.165, 1.54) is 10.7 Å². The highest BCUT2D eigenvalue weighted by atomic mass is 79.9. The van der Waals surface area contributed by atoms with E-state index >= 15 is 0 Å². The molecule has 1 amide bonds. The molecular weight excluding hydrogens is 343 g/mol. The lowest BCUT2D eigenvalue weighted by atomic mass is 10.0. The molecule has 2 atom stereocenters. The van der Waals surface area contributed by atoms with Gasteiger partial charge in [-0.15, -0.1) is 0 Å². The van der Waals surface area contributed by atoms with Crippen molar-refractivity contribution in [2.75, 3.05) is 25.1 Å². The number of rotatable bonds is 4. The molecule has 7 nitrogen and oxygen atoms in total. The van der Waals surface area contributed by atoms with Gasteiger partial charge in [0.25, 0.3) is 5.91 Å².